The largest absolute Gasteiger partial charge is 0.435 e. The predicted molar refractivity (Wildman–Crippen MR) is 85.7 cm³/mol. The molecule has 0 saturated carbocycles. The van der Waals surface area contributed by atoms with E-state index in [1.807, 2.05) is 13.8 Å². The quantitative estimate of drug-likeness (QED) is 0.710. The summed E-state index contributed by atoms with van der Waals surface area (Å²) in [5.74, 6) is -0.421. The van der Waals surface area contributed by atoms with Gasteiger partial charge in [0, 0.05) is 12.6 Å². The van der Waals surface area contributed by atoms with E-state index >= 15 is 0 Å². The van der Waals surface area contributed by atoms with Gasteiger partial charge in [-0.1, -0.05) is 12.1 Å². The monoisotopic (exact) mass is 343 g/mol. The second-order valence-electron chi connectivity index (χ2n) is 5.69. The highest BCUT2D eigenvalue weighted by atomic mass is 19.3. The van der Waals surface area contributed by atoms with Crippen LogP contribution >= 0.6 is 0 Å². The maximum absolute atomic E-state index is 12.1. The van der Waals surface area contributed by atoms with Gasteiger partial charge in [0.2, 0.25) is 11.8 Å². The number of hydrogen-bond donors (Lipinski definition) is 2. The first-order valence-corrected chi connectivity index (χ1v) is 7.54. The normalized spacial score (nSPS) is 11.0. The van der Waals surface area contributed by atoms with Gasteiger partial charge in [0.1, 0.15) is 5.75 Å². The summed E-state index contributed by atoms with van der Waals surface area (Å²) in [6.45, 7) is 1.33. The Bertz CT molecular complexity index is 536. The van der Waals surface area contributed by atoms with Crippen molar-refractivity contribution < 1.29 is 23.1 Å². The van der Waals surface area contributed by atoms with Crippen LogP contribution in [0.2, 0.25) is 0 Å². The minimum Gasteiger partial charge on any atom is -0.435 e. The molecular weight excluding hydrogens is 320 g/mol. The summed E-state index contributed by atoms with van der Waals surface area (Å²) < 4.78 is 28.4. The second kappa shape index (κ2) is 9.82. The summed E-state index contributed by atoms with van der Waals surface area (Å²) in [5.41, 5.74) is 0.851. The molecule has 0 spiro atoms. The average molecular weight is 343 g/mol. The van der Waals surface area contributed by atoms with Crippen LogP contribution < -0.4 is 15.4 Å². The lowest BCUT2D eigenvalue weighted by Gasteiger charge is -2.17. The van der Waals surface area contributed by atoms with Crippen LogP contribution in [0.1, 0.15) is 19.4 Å². The lowest BCUT2D eigenvalue weighted by atomic mass is 10.2. The number of carbonyl (C=O) groups is 2. The van der Waals surface area contributed by atoms with Gasteiger partial charge < -0.3 is 15.4 Å². The first-order chi connectivity index (χ1) is 11.3. The molecule has 0 saturated heterocycles. The van der Waals surface area contributed by atoms with E-state index in [-0.39, 0.29) is 36.7 Å². The number of amides is 2. The van der Waals surface area contributed by atoms with E-state index in [9.17, 15) is 18.4 Å². The minimum absolute atomic E-state index is 0.0223. The van der Waals surface area contributed by atoms with Crippen LogP contribution in [-0.4, -0.2) is 49.5 Å². The first kappa shape index (κ1) is 19.8. The minimum atomic E-state index is -2.85. The Morgan fingerprint density at radius 3 is 2.33 bits per heavy atom. The zero-order chi connectivity index (χ0) is 18.1. The van der Waals surface area contributed by atoms with Gasteiger partial charge >= 0.3 is 6.61 Å². The summed E-state index contributed by atoms with van der Waals surface area (Å²) in [4.78, 5) is 25.0. The molecule has 8 heteroatoms. The number of rotatable bonds is 9. The van der Waals surface area contributed by atoms with Crippen molar-refractivity contribution in [1.82, 2.24) is 15.5 Å². The number of benzene rings is 1. The molecule has 0 aromatic heterocycles. The highest BCUT2D eigenvalue weighted by Crippen LogP contribution is 2.15. The number of alkyl halides is 2. The fourth-order valence-electron chi connectivity index (χ4n) is 2.00. The molecular formula is C16H23F2N3O3. The molecule has 0 bridgehead atoms. The van der Waals surface area contributed by atoms with Gasteiger partial charge in [-0.2, -0.15) is 8.78 Å². The summed E-state index contributed by atoms with van der Waals surface area (Å²) in [6.07, 6.45) is 0. The molecule has 0 radical (unpaired) electrons. The van der Waals surface area contributed by atoms with Crippen molar-refractivity contribution in [3.63, 3.8) is 0 Å². The summed E-state index contributed by atoms with van der Waals surface area (Å²) in [6, 6.07) is 6.23. The molecule has 0 unspecified atom stereocenters. The molecule has 24 heavy (non-hydrogen) atoms. The predicted octanol–water partition coefficient (Wildman–Crippen LogP) is 1.36. The van der Waals surface area contributed by atoms with Crippen molar-refractivity contribution >= 4 is 11.8 Å². The number of hydrogen-bond acceptors (Lipinski definition) is 4. The molecule has 134 valence electrons. The fourth-order valence-corrected chi connectivity index (χ4v) is 2.00. The van der Waals surface area contributed by atoms with Gasteiger partial charge in [0.15, 0.2) is 0 Å². The first-order valence-electron chi connectivity index (χ1n) is 7.54. The molecule has 1 rings (SSSR count). The van der Waals surface area contributed by atoms with Crippen molar-refractivity contribution in [3.05, 3.63) is 29.8 Å². The third-order valence-electron chi connectivity index (χ3n) is 2.91. The van der Waals surface area contributed by atoms with Gasteiger partial charge in [-0.3, -0.25) is 14.5 Å². The number of halogens is 2. The lowest BCUT2D eigenvalue weighted by Crippen LogP contribution is -2.42. The van der Waals surface area contributed by atoms with Crippen molar-refractivity contribution in [2.45, 2.75) is 33.0 Å². The maximum Gasteiger partial charge on any atom is 0.387 e. The molecule has 0 aliphatic heterocycles. The number of nitrogens with zero attached hydrogens (tertiary/aromatic N) is 1. The summed E-state index contributed by atoms with van der Waals surface area (Å²) in [7, 11) is 1.75. The molecule has 0 aliphatic carbocycles. The molecule has 2 amide bonds. The number of ether oxygens (including phenoxy) is 1. The number of likely N-dealkylation sites (N-methyl/N-ethyl adjacent to an activating group) is 1. The molecule has 0 atom stereocenters. The van der Waals surface area contributed by atoms with Crippen molar-refractivity contribution in [2.75, 3.05) is 20.1 Å². The van der Waals surface area contributed by atoms with Crippen LogP contribution in [0.4, 0.5) is 8.78 Å². The Morgan fingerprint density at radius 1 is 1.17 bits per heavy atom. The van der Waals surface area contributed by atoms with E-state index in [0.29, 0.717) is 6.54 Å². The Labute approximate surface area is 140 Å². The van der Waals surface area contributed by atoms with E-state index in [4.69, 9.17) is 0 Å². The SMILES string of the molecule is CC(C)NC(=O)CNC(=O)CN(C)Cc1ccc(OC(F)F)cc1. The van der Waals surface area contributed by atoms with Crippen LogP contribution in [0.15, 0.2) is 24.3 Å². The van der Waals surface area contributed by atoms with Crippen molar-refractivity contribution in [1.29, 1.82) is 0 Å². The van der Waals surface area contributed by atoms with E-state index in [0.717, 1.165) is 5.56 Å². The van der Waals surface area contributed by atoms with E-state index in [1.165, 1.54) is 12.1 Å². The summed E-state index contributed by atoms with van der Waals surface area (Å²) >= 11 is 0. The molecule has 1 aromatic carbocycles. The second-order valence-corrected chi connectivity index (χ2v) is 5.69. The zero-order valence-electron chi connectivity index (χ0n) is 14.0. The average Bonchev–Trinajstić information content (AvgIpc) is 2.46. The van der Waals surface area contributed by atoms with E-state index < -0.39 is 6.61 Å². The fraction of sp³-hybridized carbons (Fsp3) is 0.500. The Hall–Kier alpha value is -2.22. The highest BCUT2D eigenvalue weighted by molar-refractivity contribution is 5.85. The van der Waals surface area contributed by atoms with Crippen LogP contribution in [0.5, 0.6) is 5.75 Å². The summed E-state index contributed by atoms with van der Waals surface area (Å²) in [5, 5.41) is 5.22. The van der Waals surface area contributed by atoms with Crippen LogP contribution in [-0.2, 0) is 16.1 Å². The van der Waals surface area contributed by atoms with Crippen molar-refractivity contribution in [2.24, 2.45) is 0 Å². The smallest absolute Gasteiger partial charge is 0.387 e. The number of carbonyl (C=O) groups excluding carboxylic acids is 2. The van der Waals surface area contributed by atoms with Crippen molar-refractivity contribution in [3.8, 4) is 5.75 Å². The molecule has 1 aromatic rings. The standard InChI is InChI=1S/C16H23F2N3O3/c1-11(2)20-14(22)8-19-15(23)10-21(3)9-12-4-6-13(7-5-12)24-16(17)18/h4-7,11,16H,8-10H2,1-3H3,(H,19,23)(H,20,22). The third kappa shape index (κ3) is 8.42. The van der Waals surface area contributed by atoms with Gasteiger partial charge in [-0.15, -0.1) is 0 Å². The van der Waals surface area contributed by atoms with E-state index in [1.54, 1.807) is 24.1 Å². The maximum atomic E-state index is 12.1. The third-order valence-corrected chi connectivity index (χ3v) is 2.91. The lowest BCUT2D eigenvalue weighted by molar-refractivity contribution is -0.126. The van der Waals surface area contributed by atoms with Gasteiger partial charge in [-0.25, -0.2) is 0 Å². The Balaban J connectivity index is 2.35. The van der Waals surface area contributed by atoms with Crippen LogP contribution in [0, 0.1) is 0 Å². The van der Waals surface area contributed by atoms with E-state index in [2.05, 4.69) is 15.4 Å². The van der Waals surface area contributed by atoms with Gasteiger partial charge in [-0.05, 0) is 38.6 Å². The zero-order valence-corrected chi connectivity index (χ0v) is 14.0. The molecule has 0 heterocycles. The molecule has 2 N–H and O–H groups in total. The van der Waals surface area contributed by atoms with Gasteiger partial charge in [0.05, 0.1) is 13.1 Å². The van der Waals surface area contributed by atoms with Crippen LogP contribution in [0.3, 0.4) is 0 Å². The highest BCUT2D eigenvalue weighted by Gasteiger charge is 2.10. The molecule has 6 nitrogen and oxygen atoms in total. The van der Waals surface area contributed by atoms with Crippen LogP contribution in [0.25, 0.3) is 0 Å². The molecule has 0 aliphatic rings. The Morgan fingerprint density at radius 2 is 1.79 bits per heavy atom. The molecule has 0 fully saturated rings. The topological polar surface area (TPSA) is 70.7 Å². The Kier molecular flexibility index (Phi) is 8.11. The number of nitrogens with one attached hydrogen (secondary N) is 2. The van der Waals surface area contributed by atoms with Gasteiger partial charge in [0.25, 0.3) is 0 Å².